The maximum atomic E-state index is 10.2. The summed E-state index contributed by atoms with van der Waals surface area (Å²) >= 11 is 4.07. The van der Waals surface area contributed by atoms with Gasteiger partial charge in [0.15, 0.2) is 0 Å². The van der Waals surface area contributed by atoms with Crippen LogP contribution in [0.15, 0.2) is 0 Å². The van der Waals surface area contributed by atoms with Gasteiger partial charge >= 0.3 is 0 Å². The Balaban J connectivity index is 2.02. The van der Waals surface area contributed by atoms with Gasteiger partial charge in [-0.15, -0.1) is 0 Å². The zero-order valence-electron chi connectivity index (χ0n) is 6.04. The molecule has 3 heteroatoms. The standard InChI is InChI=1S/C7H13OS2/c8-3-1-2-7-6-9-4-5-10-7/h7H,1-6H2. The van der Waals surface area contributed by atoms with E-state index in [0.29, 0.717) is 0 Å². The fourth-order valence-corrected chi connectivity index (χ4v) is 3.81. The lowest BCUT2D eigenvalue weighted by atomic mass is 10.2. The summed E-state index contributed by atoms with van der Waals surface area (Å²) in [6.45, 7) is 0.113. The van der Waals surface area contributed by atoms with Crippen LogP contribution in [0.4, 0.5) is 0 Å². The van der Waals surface area contributed by atoms with Crippen LogP contribution in [-0.4, -0.2) is 29.1 Å². The zero-order chi connectivity index (χ0) is 7.23. The van der Waals surface area contributed by atoms with Crippen LogP contribution in [0, 0.1) is 0 Å². The van der Waals surface area contributed by atoms with Gasteiger partial charge in [0, 0.05) is 22.5 Å². The summed E-state index contributed by atoms with van der Waals surface area (Å²) in [5, 5.41) is 10.9. The highest BCUT2D eigenvalue weighted by Gasteiger charge is 2.12. The first-order valence-electron chi connectivity index (χ1n) is 3.71. The van der Waals surface area contributed by atoms with Crippen molar-refractivity contribution in [1.29, 1.82) is 0 Å². The molecular weight excluding hydrogens is 164 g/mol. The molecule has 1 aliphatic heterocycles. The van der Waals surface area contributed by atoms with Crippen LogP contribution < -0.4 is 0 Å². The minimum atomic E-state index is 0.113. The summed E-state index contributed by atoms with van der Waals surface area (Å²) in [6, 6.07) is 0. The molecule has 1 fully saturated rings. The van der Waals surface area contributed by atoms with E-state index < -0.39 is 0 Å². The van der Waals surface area contributed by atoms with Crippen LogP contribution >= 0.6 is 23.5 Å². The molecule has 1 nitrogen and oxygen atoms in total. The Morgan fingerprint density at radius 1 is 1.40 bits per heavy atom. The van der Waals surface area contributed by atoms with Crippen molar-refractivity contribution in [3.8, 4) is 0 Å². The lowest BCUT2D eigenvalue weighted by Gasteiger charge is -2.19. The SMILES string of the molecule is [O]CCCC1CSCCS1. The van der Waals surface area contributed by atoms with Crippen molar-refractivity contribution in [1.82, 2.24) is 0 Å². The molecule has 0 saturated carbocycles. The lowest BCUT2D eigenvalue weighted by Crippen LogP contribution is -2.13. The van der Waals surface area contributed by atoms with Gasteiger partial charge in [-0.05, 0) is 12.8 Å². The Kier molecular flexibility index (Phi) is 4.66. The summed E-state index contributed by atoms with van der Waals surface area (Å²) in [7, 11) is 0. The van der Waals surface area contributed by atoms with Crippen molar-refractivity contribution in [2.24, 2.45) is 0 Å². The fourth-order valence-electron chi connectivity index (χ4n) is 1.01. The van der Waals surface area contributed by atoms with E-state index >= 15 is 0 Å². The molecular formula is C7H13OS2. The van der Waals surface area contributed by atoms with E-state index in [2.05, 4.69) is 0 Å². The molecule has 0 amide bonds. The first kappa shape index (κ1) is 8.75. The monoisotopic (exact) mass is 177 g/mol. The molecule has 0 aromatic carbocycles. The molecule has 0 aliphatic carbocycles. The first-order valence-corrected chi connectivity index (χ1v) is 5.91. The average molecular weight is 177 g/mol. The van der Waals surface area contributed by atoms with Crippen LogP contribution in [0.1, 0.15) is 12.8 Å². The van der Waals surface area contributed by atoms with E-state index in [-0.39, 0.29) is 6.61 Å². The van der Waals surface area contributed by atoms with Crippen molar-refractivity contribution < 1.29 is 5.11 Å². The zero-order valence-corrected chi connectivity index (χ0v) is 7.68. The molecule has 1 atom stereocenters. The molecule has 1 rings (SSSR count). The molecule has 0 bridgehead atoms. The molecule has 1 aliphatic rings. The Hall–Kier alpha value is 0.660. The largest absolute Gasteiger partial charge is 0.237 e. The molecule has 0 aromatic heterocycles. The Morgan fingerprint density at radius 3 is 2.90 bits per heavy atom. The van der Waals surface area contributed by atoms with Crippen LogP contribution in [0.2, 0.25) is 0 Å². The van der Waals surface area contributed by atoms with Gasteiger partial charge in [0.1, 0.15) is 0 Å². The number of hydrogen-bond donors (Lipinski definition) is 0. The maximum absolute atomic E-state index is 10.2. The van der Waals surface area contributed by atoms with E-state index in [1.165, 1.54) is 17.3 Å². The van der Waals surface area contributed by atoms with Crippen molar-refractivity contribution in [2.45, 2.75) is 18.1 Å². The molecule has 1 heterocycles. The van der Waals surface area contributed by atoms with E-state index in [9.17, 15) is 5.11 Å². The van der Waals surface area contributed by atoms with Crippen LogP contribution in [0.3, 0.4) is 0 Å². The molecule has 0 aromatic rings. The van der Waals surface area contributed by atoms with Crippen molar-refractivity contribution in [3.63, 3.8) is 0 Å². The van der Waals surface area contributed by atoms with Crippen molar-refractivity contribution in [2.75, 3.05) is 23.9 Å². The van der Waals surface area contributed by atoms with Crippen LogP contribution in [0.25, 0.3) is 0 Å². The highest BCUT2D eigenvalue weighted by molar-refractivity contribution is 8.06. The number of rotatable bonds is 3. The third-order valence-corrected chi connectivity index (χ3v) is 4.47. The van der Waals surface area contributed by atoms with Gasteiger partial charge in [-0.3, -0.25) is 0 Å². The van der Waals surface area contributed by atoms with Gasteiger partial charge in [0.2, 0.25) is 0 Å². The van der Waals surface area contributed by atoms with E-state index in [4.69, 9.17) is 0 Å². The highest BCUT2D eigenvalue weighted by atomic mass is 32.2. The molecule has 1 unspecified atom stereocenters. The summed E-state index contributed by atoms with van der Waals surface area (Å²) in [5.41, 5.74) is 0. The minimum absolute atomic E-state index is 0.113. The summed E-state index contributed by atoms with van der Waals surface area (Å²) in [6.07, 6.45) is 2.01. The third kappa shape index (κ3) is 3.17. The molecule has 0 spiro atoms. The quantitative estimate of drug-likeness (QED) is 0.657. The molecule has 10 heavy (non-hydrogen) atoms. The lowest BCUT2D eigenvalue weighted by molar-refractivity contribution is 0.187. The summed E-state index contributed by atoms with van der Waals surface area (Å²) in [5.74, 6) is 3.86. The molecule has 59 valence electrons. The van der Waals surface area contributed by atoms with E-state index in [1.807, 2.05) is 23.5 Å². The number of hydrogen-bond acceptors (Lipinski definition) is 2. The van der Waals surface area contributed by atoms with Crippen LogP contribution in [0.5, 0.6) is 0 Å². The first-order chi connectivity index (χ1) is 4.93. The van der Waals surface area contributed by atoms with Crippen molar-refractivity contribution >= 4 is 23.5 Å². The number of thioether (sulfide) groups is 2. The Bertz CT molecular complexity index is 81.7. The summed E-state index contributed by atoms with van der Waals surface area (Å²) in [4.78, 5) is 0. The molecule has 1 saturated heterocycles. The second-order valence-electron chi connectivity index (χ2n) is 2.41. The predicted octanol–water partition coefficient (Wildman–Crippen LogP) is 2.05. The normalized spacial score (nSPS) is 26.7. The average Bonchev–Trinajstić information content (AvgIpc) is 2.03. The second kappa shape index (κ2) is 5.33. The van der Waals surface area contributed by atoms with Gasteiger partial charge in [-0.1, -0.05) is 0 Å². The van der Waals surface area contributed by atoms with Gasteiger partial charge in [0.05, 0.1) is 6.61 Å². The van der Waals surface area contributed by atoms with E-state index in [1.54, 1.807) is 0 Å². The predicted molar refractivity (Wildman–Crippen MR) is 48.4 cm³/mol. The Labute approximate surface area is 71.0 Å². The highest BCUT2D eigenvalue weighted by Crippen LogP contribution is 2.26. The van der Waals surface area contributed by atoms with Gasteiger partial charge in [0.25, 0.3) is 0 Å². The van der Waals surface area contributed by atoms with Gasteiger partial charge in [-0.2, -0.15) is 23.5 Å². The topological polar surface area (TPSA) is 19.9 Å². The Morgan fingerprint density at radius 2 is 2.30 bits per heavy atom. The molecule has 0 N–H and O–H groups in total. The van der Waals surface area contributed by atoms with E-state index in [0.717, 1.165) is 18.1 Å². The fraction of sp³-hybridized carbons (Fsp3) is 1.00. The van der Waals surface area contributed by atoms with Gasteiger partial charge in [-0.25, -0.2) is 5.11 Å². The minimum Gasteiger partial charge on any atom is -0.237 e. The van der Waals surface area contributed by atoms with Gasteiger partial charge < -0.3 is 0 Å². The molecule has 1 radical (unpaired) electrons. The second-order valence-corrected chi connectivity index (χ2v) is 4.97. The van der Waals surface area contributed by atoms with Crippen LogP contribution in [-0.2, 0) is 5.11 Å². The van der Waals surface area contributed by atoms with Crippen molar-refractivity contribution in [3.05, 3.63) is 0 Å². The third-order valence-electron chi connectivity index (χ3n) is 1.56. The summed E-state index contributed by atoms with van der Waals surface area (Å²) < 4.78 is 0. The smallest absolute Gasteiger partial charge is 0.0822 e. The maximum Gasteiger partial charge on any atom is 0.0822 e.